The average Bonchev–Trinajstić information content (AvgIpc) is 2.38. The first-order chi connectivity index (χ1) is 8.61. The van der Waals surface area contributed by atoms with E-state index in [0.717, 1.165) is 30.2 Å². The van der Waals surface area contributed by atoms with Gasteiger partial charge >= 0.3 is 0 Å². The van der Waals surface area contributed by atoms with Crippen molar-refractivity contribution in [1.29, 1.82) is 0 Å². The first kappa shape index (κ1) is 16.3. The lowest BCUT2D eigenvalue weighted by Gasteiger charge is -2.38. The van der Waals surface area contributed by atoms with Crippen LogP contribution in [-0.4, -0.2) is 30.4 Å². The summed E-state index contributed by atoms with van der Waals surface area (Å²) in [5.74, 6) is 0.217. The van der Waals surface area contributed by atoms with Crippen LogP contribution in [0.4, 0.5) is 0 Å². The zero-order valence-electron chi connectivity index (χ0n) is 11.2. The Morgan fingerprint density at radius 3 is 2.74 bits per heavy atom. The summed E-state index contributed by atoms with van der Waals surface area (Å²) in [5.41, 5.74) is 1.03. The lowest BCUT2D eigenvalue weighted by atomic mass is 10.0. The van der Waals surface area contributed by atoms with E-state index in [-0.39, 0.29) is 30.3 Å². The highest BCUT2D eigenvalue weighted by Gasteiger charge is 2.30. The molecule has 1 aliphatic rings. The van der Waals surface area contributed by atoms with Crippen molar-refractivity contribution >= 4 is 29.9 Å². The van der Waals surface area contributed by atoms with Gasteiger partial charge in [-0.05, 0) is 11.6 Å². The zero-order chi connectivity index (χ0) is 13.1. The fourth-order valence-corrected chi connectivity index (χ4v) is 2.58. The minimum absolute atomic E-state index is 0. The number of carbonyl (C=O) groups excluding carboxylic acids is 1. The van der Waals surface area contributed by atoms with Gasteiger partial charge in [-0.3, -0.25) is 4.79 Å². The van der Waals surface area contributed by atoms with Gasteiger partial charge in [0.25, 0.3) is 0 Å². The second-order valence-electron chi connectivity index (χ2n) is 4.93. The van der Waals surface area contributed by atoms with E-state index in [0.29, 0.717) is 0 Å². The molecule has 1 fully saturated rings. The molecule has 19 heavy (non-hydrogen) atoms. The molecule has 1 aromatic rings. The van der Waals surface area contributed by atoms with Crippen LogP contribution < -0.4 is 5.32 Å². The standard InChI is InChI=1S/C14H19ClN2O.ClH/c1-10(2)14(18)17-8-7-16-9-13(17)11-5-3-4-6-12(11)15;/h3-6,10,13,16H,7-9H2,1-2H3;1H. The van der Waals surface area contributed by atoms with E-state index in [1.165, 1.54) is 0 Å². The lowest BCUT2D eigenvalue weighted by Crippen LogP contribution is -2.50. The van der Waals surface area contributed by atoms with Crippen LogP contribution in [0.25, 0.3) is 0 Å². The van der Waals surface area contributed by atoms with Gasteiger partial charge in [-0.2, -0.15) is 0 Å². The van der Waals surface area contributed by atoms with Gasteiger partial charge in [0.05, 0.1) is 6.04 Å². The van der Waals surface area contributed by atoms with E-state index in [2.05, 4.69) is 5.32 Å². The van der Waals surface area contributed by atoms with E-state index in [9.17, 15) is 4.79 Å². The SMILES string of the molecule is CC(C)C(=O)N1CCNCC1c1ccccc1Cl.Cl. The molecule has 5 heteroatoms. The van der Waals surface area contributed by atoms with Gasteiger partial charge in [0.2, 0.25) is 5.91 Å². The number of benzene rings is 1. The molecular weight excluding hydrogens is 283 g/mol. The number of piperazine rings is 1. The summed E-state index contributed by atoms with van der Waals surface area (Å²) in [6.45, 7) is 6.23. The van der Waals surface area contributed by atoms with Gasteiger partial charge in [0, 0.05) is 30.6 Å². The molecule has 1 atom stereocenters. The molecule has 1 N–H and O–H groups in total. The van der Waals surface area contributed by atoms with Crippen LogP contribution in [0.1, 0.15) is 25.5 Å². The molecule has 0 aromatic heterocycles. The number of nitrogens with zero attached hydrogens (tertiary/aromatic N) is 1. The number of hydrogen-bond donors (Lipinski definition) is 1. The summed E-state index contributed by atoms with van der Waals surface area (Å²) >= 11 is 6.24. The predicted octanol–water partition coefficient (Wildman–Crippen LogP) is 2.89. The van der Waals surface area contributed by atoms with Crippen molar-refractivity contribution in [2.24, 2.45) is 5.92 Å². The third-order valence-corrected chi connectivity index (χ3v) is 3.63. The van der Waals surface area contributed by atoms with Crippen LogP contribution in [0.3, 0.4) is 0 Å². The fraction of sp³-hybridized carbons (Fsp3) is 0.500. The predicted molar refractivity (Wildman–Crippen MR) is 80.9 cm³/mol. The van der Waals surface area contributed by atoms with Crippen LogP contribution in [-0.2, 0) is 4.79 Å². The first-order valence-electron chi connectivity index (χ1n) is 6.37. The summed E-state index contributed by atoms with van der Waals surface area (Å²) in [6, 6.07) is 7.80. The van der Waals surface area contributed by atoms with Crippen LogP contribution >= 0.6 is 24.0 Å². The molecule has 1 amide bonds. The van der Waals surface area contributed by atoms with Gasteiger partial charge in [-0.1, -0.05) is 43.6 Å². The van der Waals surface area contributed by atoms with Crippen molar-refractivity contribution in [3.05, 3.63) is 34.9 Å². The summed E-state index contributed by atoms with van der Waals surface area (Å²) < 4.78 is 0. The number of carbonyl (C=O) groups is 1. The van der Waals surface area contributed by atoms with Crippen LogP contribution in [0.2, 0.25) is 5.02 Å². The van der Waals surface area contributed by atoms with Crippen molar-refractivity contribution in [3.8, 4) is 0 Å². The van der Waals surface area contributed by atoms with Crippen LogP contribution in [0.5, 0.6) is 0 Å². The van der Waals surface area contributed by atoms with Gasteiger partial charge in [0.1, 0.15) is 0 Å². The zero-order valence-corrected chi connectivity index (χ0v) is 12.8. The number of rotatable bonds is 2. The molecule has 2 rings (SSSR count). The highest BCUT2D eigenvalue weighted by molar-refractivity contribution is 6.31. The largest absolute Gasteiger partial charge is 0.333 e. The monoisotopic (exact) mass is 302 g/mol. The van der Waals surface area contributed by atoms with Crippen LogP contribution in [0, 0.1) is 5.92 Å². The Labute approximate surface area is 125 Å². The minimum atomic E-state index is 0. The summed E-state index contributed by atoms with van der Waals surface area (Å²) in [6.07, 6.45) is 0. The smallest absolute Gasteiger partial charge is 0.225 e. The van der Waals surface area contributed by atoms with Gasteiger partial charge in [-0.25, -0.2) is 0 Å². The molecule has 0 saturated carbocycles. The Morgan fingerprint density at radius 2 is 2.11 bits per heavy atom. The Kier molecular flexibility index (Phi) is 6.11. The number of halogens is 2. The van der Waals surface area contributed by atoms with Crippen molar-refractivity contribution in [2.75, 3.05) is 19.6 Å². The first-order valence-corrected chi connectivity index (χ1v) is 6.74. The van der Waals surface area contributed by atoms with Crippen molar-refractivity contribution in [3.63, 3.8) is 0 Å². The van der Waals surface area contributed by atoms with Crippen molar-refractivity contribution < 1.29 is 4.79 Å². The lowest BCUT2D eigenvalue weighted by molar-refractivity contribution is -0.137. The van der Waals surface area contributed by atoms with Gasteiger partial charge in [-0.15, -0.1) is 12.4 Å². The second kappa shape index (κ2) is 7.13. The Balaban J connectivity index is 0.00000180. The van der Waals surface area contributed by atoms with Gasteiger partial charge in [0.15, 0.2) is 0 Å². The van der Waals surface area contributed by atoms with Gasteiger partial charge < -0.3 is 10.2 Å². The third-order valence-electron chi connectivity index (χ3n) is 3.28. The molecule has 1 heterocycles. The molecule has 0 bridgehead atoms. The fourth-order valence-electron chi connectivity index (χ4n) is 2.32. The molecule has 0 radical (unpaired) electrons. The van der Waals surface area contributed by atoms with E-state index in [1.807, 2.05) is 43.0 Å². The maximum Gasteiger partial charge on any atom is 0.225 e. The molecule has 0 aliphatic carbocycles. The Hall–Kier alpha value is -0.770. The van der Waals surface area contributed by atoms with E-state index in [4.69, 9.17) is 11.6 Å². The highest BCUT2D eigenvalue weighted by atomic mass is 35.5. The number of nitrogens with one attached hydrogen (secondary N) is 1. The summed E-state index contributed by atoms with van der Waals surface area (Å²) in [5, 5.41) is 4.06. The maximum atomic E-state index is 12.2. The number of amides is 1. The average molecular weight is 303 g/mol. The molecule has 106 valence electrons. The number of hydrogen-bond acceptors (Lipinski definition) is 2. The molecule has 0 spiro atoms. The Bertz CT molecular complexity index is 437. The molecule has 1 saturated heterocycles. The summed E-state index contributed by atoms with van der Waals surface area (Å²) in [4.78, 5) is 14.2. The van der Waals surface area contributed by atoms with Crippen molar-refractivity contribution in [1.82, 2.24) is 10.2 Å². The molecule has 3 nitrogen and oxygen atoms in total. The maximum absolute atomic E-state index is 12.2. The topological polar surface area (TPSA) is 32.3 Å². The normalized spacial score (nSPS) is 19.2. The third kappa shape index (κ3) is 3.62. The molecular formula is C14H20Cl2N2O. The molecule has 1 aromatic carbocycles. The minimum Gasteiger partial charge on any atom is -0.333 e. The van der Waals surface area contributed by atoms with Crippen molar-refractivity contribution in [2.45, 2.75) is 19.9 Å². The Morgan fingerprint density at radius 1 is 1.42 bits per heavy atom. The second-order valence-corrected chi connectivity index (χ2v) is 5.33. The van der Waals surface area contributed by atoms with E-state index >= 15 is 0 Å². The molecule has 1 unspecified atom stereocenters. The van der Waals surface area contributed by atoms with E-state index in [1.54, 1.807) is 0 Å². The quantitative estimate of drug-likeness (QED) is 0.911. The van der Waals surface area contributed by atoms with Crippen LogP contribution in [0.15, 0.2) is 24.3 Å². The summed E-state index contributed by atoms with van der Waals surface area (Å²) in [7, 11) is 0. The highest BCUT2D eigenvalue weighted by Crippen LogP contribution is 2.29. The van der Waals surface area contributed by atoms with E-state index < -0.39 is 0 Å². The molecule has 1 aliphatic heterocycles.